The highest BCUT2D eigenvalue weighted by Crippen LogP contribution is 2.34. The summed E-state index contributed by atoms with van der Waals surface area (Å²) in [6.45, 7) is -0.397. The first-order chi connectivity index (χ1) is 11.7. The van der Waals surface area contributed by atoms with Crippen LogP contribution in [0.4, 0.5) is 11.6 Å². The van der Waals surface area contributed by atoms with E-state index in [1.165, 1.54) is 18.6 Å². The maximum Gasteiger partial charge on any atom is 0.164 e. The number of carbonyl (C=O) groups is 1. The van der Waals surface area contributed by atoms with Crippen molar-refractivity contribution < 1.29 is 24.9 Å². The summed E-state index contributed by atoms with van der Waals surface area (Å²) in [5.74, 6) is 1.04. The van der Waals surface area contributed by atoms with Gasteiger partial charge in [-0.3, -0.25) is 4.79 Å². The van der Waals surface area contributed by atoms with Gasteiger partial charge >= 0.3 is 0 Å². The van der Waals surface area contributed by atoms with Crippen LogP contribution < -0.4 is 10.2 Å². The standard InChI is InChI=1S/C15H18N4O5/c20-6-2-4-16-13-9-3-1-5-19(14(9)18-8-17-13)15-12(23)11(22)10(7-21)24-15/h1-2,4-6,8,10-12,15,21-23H,3,7H2,(H,16,17,18)/b4-2+/t10-,11-,12-,15?/m1/s1. The van der Waals surface area contributed by atoms with Crippen molar-refractivity contribution in [1.29, 1.82) is 0 Å². The number of aliphatic hydroxyl groups excluding tert-OH is 3. The predicted molar refractivity (Wildman–Crippen MR) is 83.9 cm³/mol. The number of hydrogen-bond acceptors (Lipinski definition) is 9. The fourth-order valence-corrected chi connectivity index (χ4v) is 2.77. The molecule has 1 saturated heterocycles. The number of carbonyl (C=O) groups excluding carboxylic acids is 1. The molecule has 0 amide bonds. The Bertz CT molecular complexity index is 665. The summed E-state index contributed by atoms with van der Waals surface area (Å²) >= 11 is 0. The average Bonchev–Trinajstić information content (AvgIpc) is 2.89. The van der Waals surface area contributed by atoms with E-state index in [4.69, 9.17) is 4.74 Å². The lowest BCUT2D eigenvalue weighted by Gasteiger charge is -2.32. The molecule has 0 spiro atoms. The Hall–Kier alpha value is -2.33. The Balaban J connectivity index is 1.90. The van der Waals surface area contributed by atoms with Crippen molar-refractivity contribution in [3.8, 4) is 0 Å². The second-order valence-electron chi connectivity index (χ2n) is 5.39. The van der Waals surface area contributed by atoms with E-state index >= 15 is 0 Å². The molecular formula is C15H18N4O5. The fourth-order valence-electron chi connectivity index (χ4n) is 2.77. The number of ether oxygens (including phenoxy) is 1. The van der Waals surface area contributed by atoms with E-state index in [1.54, 1.807) is 11.1 Å². The molecule has 4 atom stereocenters. The summed E-state index contributed by atoms with van der Waals surface area (Å²) in [4.78, 5) is 20.4. The summed E-state index contributed by atoms with van der Waals surface area (Å²) in [7, 11) is 0. The maximum absolute atomic E-state index is 10.4. The molecule has 2 aliphatic heterocycles. The molecule has 4 N–H and O–H groups in total. The minimum absolute atomic E-state index is 0.397. The van der Waals surface area contributed by atoms with E-state index in [1.807, 2.05) is 6.08 Å². The van der Waals surface area contributed by atoms with Gasteiger partial charge in [-0.2, -0.15) is 0 Å². The van der Waals surface area contributed by atoms with Crippen LogP contribution in [-0.4, -0.2) is 62.7 Å². The second-order valence-corrected chi connectivity index (χ2v) is 5.39. The van der Waals surface area contributed by atoms with Crippen LogP contribution in [0.3, 0.4) is 0 Å². The van der Waals surface area contributed by atoms with Crippen molar-refractivity contribution in [2.45, 2.75) is 31.0 Å². The monoisotopic (exact) mass is 334 g/mol. The first-order valence-corrected chi connectivity index (χ1v) is 7.45. The molecule has 1 fully saturated rings. The van der Waals surface area contributed by atoms with E-state index in [-0.39, 0.29) is 0 Å². The van der Waals surface area contributed by atoms with Gasteiger partial charge in [0.05, 0.1) is 6.61 Å². The predicted octanol–water partition coefficient (Wildman–Crippen LogP) is -1.08. The third-order valence-corrected chi connectivity index (χ3v) is 3.94. The van der Waals surface area contributed by atoms with E-state index in [9.17, 15) is 20.1 Å². The van der Waals surface area contributed by atoms with Crippen LogP contribution in [0.5, 0.6) is 0 Å². The highest BCUT2D eigenvalue weighted by Gasteiger charge is 2.46. The number of aldehydes is 1. The number of aromatic nitrogens is 2. The van der Waals surface area contributed by atoms with Gasteiger partial charge in [-0.25, -0.2) is 9.97 Å². The zero-order chi connectivity index (χ0) is 17.1. The van der Waals surface area contributed by atoms with Crippen LogP contribution in [0.25, 0.3) is 0 Å². The fraction of sp³-hybridized carbons (Fsp3) is 0.400. The van der Waals surface area contributed by atoms with E-state index in [0.29, 0.717) is 24.3 Å². The van der Waals surface area contributed by atoms with E-state index in [2.05, 4.69) is 15.3 Å². The summed E-state index contributed by atoms with van der Waals surface area (Å²) in [6.07, 6.45) is 4.75. The summed E-state index contributed by atoms with van der Waals surface area (Å²) < 4.78 is 5.55. The Kier molecular flexibility index (Phi) is 4.86. The third kappa shape index (κ3) is 2.89. The highest BCUT2D eigenvalue weighted by molar-refractivity contribution is 5.67. The van der Waals surface area contributed by atoms with Crippen LogP contribution in [0.2, 0.25) is 0 Å². The number of allylic oxidation sites excluding steroid dienone is 2. The van der Waals surface area contributed by atoms with Crippen LogP contribution in [-0.2, 0) is 16.0 Å². The Labute approximate surface area is 137 Å². The van der Waals surface area contributed by atoms with Crippen molar-refractivity contribution in [3.05, 3.63) is 36.4 Å². The normalized spacial score (nSPS) is 29.0. The van der Waals surface area contributed by atoms with Crippen LogP contribution in [0, 0.1) is 0 Å². The number of nitrogens with one attached hydrogen (secondary N) is 1. The molecular weight excluding hydrogens is 316 g/mol. The first kappa shape index (κ1) is 16.5. The zero-order valence-electron chi connectivity index (χ0n) is 12.7. The number of fused-ring (bicyclic) bond motifs is 1. The minimum atomic E-state index is -1.20. The van der Waals surface area contributed by atoms with Crippen LogP contribution in [0.15, 0.2) is 30.9 Å². The van der Waals surface area contributed by atoms with Crippen LogP contribution >= 0.6 is 0 Å². The maximum atomic E-state index is 10.4. The van der Waals surface area contributed by atoms with Crippen molar-refractivity contribution in [2.75, 3.05) is 16.8 Å². The largest absolute Gasteiger partial charge is 0.394 e. The SMILES string of the molecule is O=C/C=C/Nc1ncnc2c1CC=CN2C1O[C@H](CO)[C@@H](O)[C@H]1O. The molecule has 0 aliphatic carbocycles. The Morgan fingerprint density at radius 2 is 2.21 bits per heavy atom. The molecule has 0 radical (unpaired) electrons. The van der Waals surface area contributed by atoms with Gasteiger partial charge in [0, 0.05) is 18.0 Å². The Morgan fingerprint density at radius 1 is 1.38 bits per heavy atom. The number of hydrogen-bond donors (Lipinski definition) is 4. The first-order valence-electron chi connectivity index (χ1n) is 7.45. The van der Waals surface area contributed by atoms with Gasteiger partial charge in [-0.05, 0) is 12.5 Å². The van der Waals surface area contributed by atoms with Gasteiger partial charge < -0.3 is 30.3 Å². The van der Waals surface area contributed by atoms with Crippen molar-refractivity contribution >= 4 is 17.9 Å². The molecule has 9 heteroatoms. The van der Waals surface area contributed by atoms with Crippen LogP contribution in [0.1, 0.15) is 5.56 Å². The third-order valence-electron chi connectivity index (χ3n) is 3.94. The Morgan fingerprint density at radius 3 is 2.92 bits per heavy atom. The molecule has 0 saturated carbocycles. The lowest BCUT2D eigenvalue weighted by Crippen LogP contribution is -2.43. The zero-order valence-corrected chi connectivity index (χ0v) is 12.7. The molecule has 24 heavy (non-hydrogen) atoms. The van der Waals surface area contributed by atoms with Crippen molar-refractivity contribution in [2.24, 2.45) is 0 Å². The quantitative estimate of drug-likeness (QED) is 0.392. The van der Waals surface area contributed by atoms with Crippen molar-refractivity contribution in [3.63, 3.8) is 0 Å². The van der Waals surface area contributed by atoms with Crippen molar-refractivity contribution in [1.82, 2.24) is 9.97 Å². The summed E-state index contributed by atoms with van der Waals surface area (Å²) in [6, 6.07) is 0. The molecule has 3 rings (SSSR count). The molecule has 2 aliphatic rings. The molecule has 128 valence electrons. The smallest absolute Gasteiger partial charge is 0.164 e. The van der Waals surface area contributed by atoms with E-state index < -0.39 is 31.1 Å². The van der Waals surface area contributed by atoms with E-state index in [0.717, 1.165) is 5.56 Å². The van der Waals surface area contributed by atoms with Gasteiger partial charge in [0.1, 0.15) is 42.6 Å². The number of rotatable bonds is 5. The number of aliphatic hydroxyl groups is 3. The van der Waals surface area contributed by atoms with Gasteiger partial charge in [0.15, 0.2) is 6.23 Å². The average molecular weight is 334 g/mol. The molecule has 3 heterocycles. The summed E-state index contributed by atoms with van der Waals surface area (Å²) in [5, 5.41) is 32.3. The second kappa shape index (κ2) is 7.05. The molecule has 9 nitrogen and oxygen atoms in total. The molecule has 1 unspecified atom stereocenters. The molecule has 0 aromatic carbocycles. The highest BCUT2D eigenvalue weighted by atomic mass is 16.6. The van der Waals surface area contributed by atoms with Gasteiger partial charge in [-0.15, -0.1) is 0 Å². The molecule has 0 bridgehead atoms. The number of nitrogens with zero attached hydrogens (tertiary/aromatic N) is 3. The molecule has 1 aromatic heterocycles. The molecule has 1 aromatic rings. The number of anilines is 2. The topological polar surface area (TPSA) is 128 Å². The lowest BCUT2D eigenvalue weighted by molar-refractivity contribution is -0.104. The van der Waals surface area contributed by atoms with Gasteiger partial charge in [0.25, 0.3) is 0 Å². The summed E-state index contributed by atoms with van der Waals surface area (Å²) in [5.41, 5.74) is 0.758. The van der Waals surface area contributed by atoms with Gasteiger partial charge in [-0.1, -0.05) is 6.08 Å². The lowest BCUT2D eigenvalue weighted by atomic mass is 10.1. The minimum Gasteiger partial charge on any atom is -0.394 e. The van der Waals surface area contributed by atoms with Gasteiger partial charge in [0.2, 0.25) is 0 Å².